The van der Waals surface area contributed by atoms with Gasteiger partial charge >= 0.3 is 0 Å². The third-order valence-corrected chi connectivity index (χ3v) is 6.15. The van der Waals surface area contributed by atoms with E-state index in [2.05, 4.69) is 30.6 Å². The molecule has 0 saturated heterocycles. The summed E-state index contributed by atoms with van der Waals surface area (Å²) in [4.78, 5) is 23.3. The number of aromatic nitrogens is 4. The van der Waals surface area contributed by atoms with Crippen LogP contribution in [0.1, 0.15) is 35.4 Å². The first-order valence-electron chi connectivity index (χ1n) is 10.8. The van der Waals surface area contributed by atoms with Crippen LogP contribution < -0.4 is 15.5 Å². The summed E-state index contributed by atoms with van der Waals surface area (Å²) in [6.07, 6.45) is 7.57. The molecule has 0 radical (unpaired) electrons. The predicted molar refractivity (Wildman–Crippen MR) is 130 cm³/mol. The van der Waals surface area contributed by atoms with Gasteiger partial charge in [-0.25, -0.2) is 9.37 Å². The molecular weight excluding hydrogens is 441 g/mol. The van der Waals surface area contributed by atoms with Crippen molar-refractivity contribution in [3.8, 4) is 0 Å². The lowest BCUT2D eigenvalue weighted by molar-refractivity contribution is -0.118. The Labute approximate surface area is 199 Å². The van der Waals surface area contributed by atoms with Gasteiger partial charge in [0.2, 0.25) is 5.91 Å². The Morgan fingerprint density at radius 3 is 2.70 bits per heavy atom. The highest BCUT2D eigenvalue weighted by atomic mass is 32.1. The molecule has 1 saturated carbocycles. The number of hydrogen-bond acceptors (Lipinski definition) is 6. The van der Waals surface area contributed by atoms with Crippen LogP contribution in [0.4, 0.5) is 21.6 Å². The number of rotatable bonds is 6. The van der Waals surface area contributed by atoms with Gasteiger partial charge in [-0.2, -0.15) is 18.6 Å². The van der Waals surface area contributed by atoms with Gasteiger partial charge in [0.05, 0.1) is 35.5 Å². The Morgan fingerprint density at radius 1 is 1.18 bits per heavy atom. The minimum Gasteiger partial charge on any atom is -0.366 e. The van der Waals surface area contributed by atoms with Crippen molar-refractivity contribution in [2.75, 3.05) is 22.6 Å². The zero-order chi connectivity index (χ0) is 22.4. The van der Waals surface area contributed by atoms with Crippen molar-refractivity contribution in [3.63, 3.8) is 0 Å². The highest BCUT2D eigenvalue weighted by Crippen LogP contribution is 2.42. The molecule has 33 heavy (non-hydrogen) atoms. The van der Waals surface area contributed by atoms with Gasteiger partial charge in [0, 0.05) is 37.6 Å². The minimum atomic E-state index is -0.310. The minimum absolute atomic E-state index is 0. The molecule has 8 nitrogen and oxygen atoms in total. The summed E-state index contributed by atoms with van der Waals surface area (Å²) in [6.45, 7) is 4.55. The summed E-state index contributed by atoms with van der Waals surface area (Å²) >= 11 is 0. The van der Waals surface area contributed by atoms with Gasteiger partial charge < -0.3 is 15.5 Å². The van der Waals surface area contributed by atoms with E-state index in [0.29, 0.717) is 24.7 Å². The molecule has 4 heterocycles. The number of carbonyl (C=O) groups is 1. The van der Waals surface area contributed by atoms with Gasteiger partial charge in [-0.3, -0.25) is 14.5 Å². The molecule has 10 heteroatoms. The second-order valence-electron chi connectivity index (χ2n) is 8.68. The van der Waals surface area contributed by atoms with E-state index >= 15 is 0 Å². The summed E-state index contributed by atoms with van der Waals surface area (Å²) in [6, 6.07) is 3.37. The Kier molecular flexibility index (Phi) is 6.29. The van der Waals surface area contributed by atoms with E-state index in [-0.39, 0.29) is 31.3 Å². The Bertz CT molecular complexity index is 1190. The third kappa shape index (κ3) is 4.66. The van der Waals surface area contributed by atoms with E-state index in [9.17, 15) is 9.18 Å². The quantitative estimate of drug-likeness (QED) is 0.576. The van der Waals surface area contributed by atoms with Crippen LogP contribution in [0.2, 0.25) is 0 Å². The van der Waals surface area contributed by atoms with Gasteiger partial charge in [0.1, 0.15) is 17.7 Å². The molecule has 5 rings (SSSR count). The number of pyridine rings is 2. The number of anilines is 3. The van der Waals surface area contributed by atoms with Crippen molar-refractivity contribution in [2.45, 2.75) is 45.8 Å². The summed E-state index contributed by atoms with van der Waals surface area (Å²) in [7, 11) is 1.98. The van der Waals surface area contributed by atoms with Crippen molar-refractivity contribution in [3.05, 3.63) is 59.1 Å². The molecule has 1 aliphatic heterocycles. The Hall–Kier alpha value is -3.14. The van der Waals surface area contributed by atoms with Crippen molar-refractivity contribution in [1.82, 2.24) is 19.7 Å². The molecule has 3 aromatic rings. The van der Waals surface area contributed by atoms with E-state index in [4.69, 9.17) is 0 Å². The van der Waals surface area contributed by atoms with E-state index in [1.165, 1.54) is 6.07 Å². The van der Waals surface area contributed by atoms with Crippen LogP contribution >= 0.6 is 13.5 Å². The first-order chi connectivity index (χ1) is 15.4. The molecule has 174 valence electrons. The first kappa shape index (κ1) is 23.0. The largest absolute Gasteiger partial charge is 0.366 e. The van der Waals surface area contributed by atoms with Crippen LogP contribution in [-0.4, -0.2) is 38.7 Å². The Morgan fingerprint density at radius 2 is 1.97 bits per heavy atom. The summed E-state index contributed by atoms with van der Waals surface area (Å²) in [5.74, 6) is 0.928. The average Bonchev–Trinajstić information content (AvgIpc) is 3.49. The number of amides is 1. The average molecular weight is 470 g/mol. The van der Waals surface area contributed by atoms with Crippen molar-refractivity contribution in [2.24, 2.45) is 5.92 Å². The monoisotopic (exact) mass is 469 g/mol. The van der Waals surface area contributed by atoms with Crippen molar-refractivity contribution >= 4 is 36.6 Å². The molecule has 1 fully saturated rings. The SMILES string of the molecule is Cc1ncc(Cn2cc(CNc3cc4c(c(C)n3)NC(=O)[C@H](C3CC3)N4C)cn2)cc1F.S. The second kappa shape index (κ2) is 9.01. The maximum atomic E-state index is 13.7. The second-order valence-corrected chi connectivity index (χ2v) is 8.68. The lowest BCUT2D eigenvalue weighted by atomic mass is 10.0. The summed E-state index contributed by atoms with van der Waals surface area (Å²) in [5, 5.41) is 10.8. The highest BCUT2D eigenvalue weighted by Gasteiger charge is 2.42. The normalized spacial score (nSPS) is 17.3. The van der Waals surface area contributed by atoms with Gasteiger partial charge in [-0.1, -0.05) is 0 Å². The van der Waals surface area contributed by atoms with E-state index in [1.807, 2.05) is 26.2 Å². The van der Waals surface area contributed by atoms with Gasteiger partial charge in [0.15, 0.2) is 0 Å². The fourth-order valence-electron chi connectivity index (χ4n) is 4.24. The van der Waals surface area contributed by atoms with Crippen molar-refractivity contribution < 1.29 is 9.18 Å². The molecule has 1 amide bonds. The predicted octanol–water partition coefficient (Wildman–Crippen LogP) is 3.37. The molecule has 0 aromatic carbocycles. The maximum absolute atomic E-state index is 13.7. The maximum Gasteiger partial charge on any atom is 0.247 e. The highest BCUT2D eigenvalue weighted by molar-refractivity contribution is 7.59. The van der Waals surface area contributed by atoms with Crippen LogP contribution in [0.5, 0.6) is 0 Å². The van der Waals surface area contributed by atoms with Crippen LogP contribution in [-0.2, 0) is 17.9 Å². The van der Waals surface area contributed by atoms with E-state index in [0.717, 1.165) is 46.9 Å². The molecule has 0 bridgehead atoms. The topological polar surface area (TPSA) is 88.0 Å². The van der Waals surface area contributed by atoms with E-state index in [1.54, 1.807) is 24.0 Å². The lowest BCUT2D eigenvalue weighted by Crippen LogP contribution is -2.47. The Balaban J connectivity index is 0.00000259. The van der Waals surface area contributed by atoms with Gasteiger partial charge in [0.25, 0.3) is 0 Å². The number of likely N-dealkylation sites (N-methyl/N-ethyl adjacent to an activating group) is 1. The number of halogens is 1. The smallest absolute Gasteiger partial charge is 0.247 e. The number of aryl methyl sites for hydroxylation is 2. The van der Waals surface area contributed by atoms with Crippen molar-refractivity contribution in [1.29, 1.82) is 0 Å². The number of nitrogens with one attached hydrogen (secondary N) is 2. The number of hydrogen-bond donors (Lipinski definition) is 2. The van der Waals surface area contributed by atoms with Crippen LogP contribution in [0.25, 0.3) is 0 Å². The van der Waals surface area contributed by atoms with Crippen LogP contribution in [0.15, 0.2) is 30.7 Å². The number of nitrogens with zero attached hydrogens (tertiary/aromatic N) is 5. The standard InChI is InChI=1S/C23H26FN7O.H2S/c1-13-18(24)6-15(8-25-13)11-31-12-16(10-27-31)9-26-20-7-19-21(14(2)28-20)29-23(32)22(30(19)3)17-4-5-17;/h6-8,10,12,17,22H,4-5,9,11H2,1-3H3,(H,26,28)(H,29,32);1H2/t22-;/m0./s1. The summed E-state index contributed by atoms with van der Waals surface area (Å²) in [5.41, 5.74) is 4.69. The zero-order valence-electron chi connectivity index (χ0n) is 18.9. The fourth-order valence-corrected chi connectivity index (χ4v) is 4.24. The van der Waals surface area contributed by atoms with Crippen LogP contribution in [0.3, 0.4) is 0 Å². The molecule has 1 atom stereocenters. The number of fused-ring (bicyclic) bond motifs is 1. The molecule has 3 aromatic heterocycles. The molecular formula is C23H28FN7OS. The van der Waals surface area contributed by atoms with Gasteiger partial charge in [-0.05, 0) is 44.2 Å². The van der Waals surface area contributed by atoms with Crippen LogP contribution in [0, 0.1) is 25.6 Å². The summed E-state index contributed by atoms with van der Waals surface area (Å²) < 4.78 is 15.5. The first-order valence-corrected chi connectivity index (χ1v) is 10.8. The van der Waals surface area contributed by atoms with E-state index < -0.39 is 0 Å². The molecule has 1 aliphatic carbocycles. The lowest BCUT2D eigenvalue weighted by Gasteiger charge is -2.36. The molecule has 0 spiro atoms. The van der Waals surface area contributed by atoms with Gasteiger partial charge in [-0.15, -0.1) is 0 Å². The zero-order valence-corrected chi connectivity index (χ0v) is 19.9. The molecule has 2 N–H and O–H groups in total. The number of carbonyl (C=O) groups excluding carboxylic acids is 1. The molecule has 2 aliphatic rings. The molecule has 0 unspecified atom stereocenters. The fraction of sp³-hybridized carbons (Fsp3) is 0.391. The third-order valence-electron chi connectivity index (χ3n) is 6.15.